The minimum atomic E-state index is -0.295. The highest BCUT2D eigenvalue weighted by Gasteiger charge is 2.32. The predicted molar refractivity (Wildman–Crippen MR) is 137 cm³/mol. The van der Waals surface area contributed by atoms with Gasteiger partial charge in [0, 0.05) is 0 Å². The number of hydrogen-bond donors (Lipinski definition) is 0. The van der Waals surface area contributed by atoms with Crippen molar-refractivity contribution in [2.24, 2.45) is 0 Å². The second-order valence-electron chi connectivity index (χ2n) is 7.20. The Bertz CT molecular complexity index is 1220. The Morgan fingerprint density at radius 1 is 1.09 bits per heavy atom. The molecule has 0 unspecified atom stereocenters. The lowest BCUT2D eigenvalue weighted by atomic mass is 10.1. The molecule has 4 rings (SSSR count). The van der Waals surface area contributed by atoms with Crippen LogP contribution in [0.2, 0.25) is 0 Å². The van der Waals surface area contributed by atoms with E-state index in [9.17, 15) is 9.18 Å². The summed E-state index contributed by atoms with van der Waals surface area (Å²) < 4.78 is 25.8. The minimum Gasteiger partial charge on any atom is -0.493 e. The summed E-state index contributed by atoms with van der Waals surface area (Å²) in [6, 6.07) is 19.5. The Hall–Kier alpha value is -2.68. The van der Waals surface area contributed by atoms with Crippen LogP contribution >= 0.6 is 39.9 Å². The Morgan fingerprint density at radius 2 is 1.82 bits per heavy atom. The van der Waals surface area contributed by atoms with Gasteiger partial charge in [-0.3, -0.25) is 9.69 Å². The zero-order valence-electron chi connectivity index (χ0n) is 17.6. The van der Waals surface area contributed by atoms with Crippen molar-refractivity contribution in [2.75, 3.05) is 7.11 Å². The van der Waals surface area contributed by atoms with Crippen molar-refractivity contribution in [3.8, 4) is 11.5 Å². The highest BCUT2D eigenvalue weighted by molar-refractivity contribution is 9.10. The first kappa shape index (κ1) is 23.5. The third-order valence-corrected chi connectivity index (χ3v) is 6.87. The van der Waals surface area contributed by atoms with Crippen molar-refractivity contribution in [3.63, 3.8) is 0 Å². The molecule has 1 fully saturated rings. The molecule has 0 spiro atoms. The number of benzene rings is 3. The van der Waals surface area contributed by atoms with Crippen molar-refractivity contribution in [1.29, 1.82) is 0 Å². The lowest BCUT2D eigenvalue weighted by Crippen LogP contribution is -2.27. The highest BCUT2D eigenvalue weighted by Crippen LogP contribution is 2.39. The van der Waals surface area contributed by atoms with Crippen LogP contribution in [-0.2, 0) is 17.9 Å². The summed E-state index contributed by atoms with van der Waals surface area (Å²) in [5.41, 5.74) is 2.62. The Kier molecular flexibility index (Phi) is 7.47. The van der Waals surface area contributed by atoms with Gasteiger partial charge in [0.1, 0.15) is 16.7 Å². The van der Waals surface area contributed by atoms with Crippen molar-refractivity contribution < 1.29 is 18.7 Å². The summed E-state index contributed by atoms with van der Waals surface area (Å²) in [6.45, 7) is 0.693. The van der Waals surface area contributed by atoms with Gasteiger partial charge in [-0.05, 0) is 63.0 Å². The predicted octanol–water partition coefficient (Wildman–Crippen LogP) is 6.58. The van der Waals surface area contributed by atoms with Crippen LogP contribution in [0.1, 0.15) is 16.7 Å². The SMILES string of the molecule is COc1cc(C=C2SC(=S)N(Cc3ccccc3)C2=O)cc(Br)c1OCc1ccc(F)cc1. The molecule has 4 nitrogen and oxygen atoms in total. The largest absolute Gasteiger partial charge is 0.493 e. The van der Waals surface area contributed by atoms with Gasteiger partial charge in [-0.25, -0.2) is 4.39 Å². The molecule has 1 amide bonds. The fourth-order valence-electron chi connectivity index (χ4n) is 3.25. The molecule has 0 bridgehead atoms. The first-order valence-electron chi connectivity index (χ1n) is 9.98. The number of ether oxygens (including phenoxy) is 2. The minimum absolute atomic E-state index is 0.124. The smallest absolute Gasteiger partial charge is 0.266 e. The van der Waals surface area contributed by atoms with E-state index in [0.717, 1.165) is 16.7 Å². The Labute approximate surface area is 209 Å². The van der Waals surface area contributed by atoms with Crippen LogP contribution in [0.5, 0.6) is 11.5 Å². The molecule has 3 aromatic carbocycles. The molecule has 168 valence electrons. The third-order valence-electron chi connectivity index (χ3n) is 4.90. The van der Waals surface area contributed by atoms with E-state index >= 15 is 0 Å². The molecule has 33 heavy (non-hydrogen) atoms. The molecule has 0 saturated carbocycles. The van der Waals surface area contributed by atoms with Crippen LogP contribution in [0.25, 0.3) is 6.08 Å². The maximum Gasteiger partial charge on any atom is 0.266 e. The zero-order chi connectivity index (χ0) is 23.4. The maximum absolute atomic E-state index is 13.1. The van der Waals surface area contributed by atoms with Crippen molar-refractivity contribution >= 4 is 56.2 Å². The summed E-state index contributed by atoms with van der Waals surface area (Å²) in [5, 5.41) is 0. The Morgan fingerprint density at radius 3 is 2.52 bits per heavy atom. The van der Waals surface area contributed by atoms with E-state index in [0.29, 0.717) is 31.7 Å². The highest BCUT2D eigenvalue weighted by atomic mass is 79.9. The van der Waals surface area contributed by atoms with Gasteiger partial charge in [0.15, 0.2) is 11.5 Å². The molecule has 0 aromatic heterocycles. The topological polar surface area (TPSA) is 38.8 Å². The van der Waals surface area contributed by atoms with Gasteiger partial charge < -0.3 is 9.47 Å². The number of thiocarbonyl (C=S) groups is 1. The number of carbonyl (C=O) groups is 1. The zero-order valence-corrected chi connectivity index (χ0v) is 20.8. The van der Waals surface area contributed by atoms with Gasteiger partial charge in [-0.2, -0.15) is 0 Å². The van der Waals surface area contributed by atoms with E-state index in [1.807, 2.05) is 36.4 Å². The number of carbonyl (C=O) groups excluding carboxylic acids is 1. The summed E-state index contributed by atoms with van der Waals surface area (Å²) in [4.78, 5) is 15.1. The second kappa shape index (κ2) is 10.5. The lowest BCUT2D eigenvalue weighted by molar-refractivity contribution is -0.122. The molecule has 0 radical (unpaired) electrons. The summed E-state index contributed by atoms with van der Waals surface area (Å²) >= 11 is 10.3. The molecule has 3 aromatic rings. The van der Waals surface area contributed by atoms with Crippen LogP contribution in [0.3, 0.4) is 0 Å². The normalized spacial score (nSPS) is 14.8. The number of rotatable bonds is 7. The van der Waals surface area contributed by atoms with Gasteiger partial charge in [0.25, 0.3) is 5.91 Å². The van der Waals surface area contributed by atoms with Crippen LogP contribution in [-0.4, -0.2) is 22.2 Å². The molecular formula is C25H19BrFNO3S2. The van der Waals surface area contributed by atoms with E-state index in [-0.39, 0.29) is 18.3 Å². The maximum atomic E-state index is 13.1. The number of amides is 1. The van der Waals surface area contributed by atoms with Gasteiger partial charge in [0.2, 0.25) is 0 Å². The number of halogens is 2. The van der Waals surface area contributed by atoms with Crippen molar-refractivity contribution in [3.05, 3.63) is 98.6 Å². The molecule has 1 saturated heterocycles. The first-order chi connectivity index (χ1) is 15.9. The number of methoxy groups -OCH3 is 1. The van der Waals surface area contributed by atoms with Crippen LogP contribution in [0.15, 0.2) is 76.1 Å². The van der Waals surface area contributed by atoms with Gasteiger partial charge in [-0.15, -0.1) is 0 Å². The molecule has 1 aliphatic heterocycles. The monoisotopic (exact) mass is 543 g/mol. The standard InChI is InChI=1S/C25H19BrFNO3S2/c1-30-21-12-18(11-20(26)23(21)31-15-17-7-9-19(27)10-8-17)13-22-24(29)28(25(32)33-22)14-16-5-3-2-4-6-16/h2-13H,14-15H2,1H3. The van der Waals surface area contributed by atoms with E-state index in [1.54, 1.807) is 36.3 Å². The molecule has 0 atom stereocenters. The molecule has 0 aliphatic carbocycles. The van der Waals surface area contributed by atoms with E-state index in [1.165, 1.54) is 23.9 Å². The molecule has 0 N–H and O–H groups in total. The van der Waals surface area contributed by atoms with E-state index < -0.39 is 0 Å². The van der Waals surface area contributed by atoms with Gasteiger partial charge in [-0.1, -0.05) is 66.4 Å². The first-order valence-corrected chi connectivity index (χ1v) is 12.0. The van der Waals surface area contributed by atoms with Gasteiger partial charge >= 0.3 is 0 Å². The fourth-order valence-corrected chi connectivity index (χ4v) is 5.08. The number of nitrogens with zero attached hydrogens (tertiary/aromatic N) is 1. The molecular weight excluding hydrogens is 525 g/mol. The average molecular weight is 544 g/mol. The summed E-state index contributed by atoms with van der Waals surface area (Å²) in [5.74, 6) is 0.615. The quantitative estimate of drug-likeness (QED) is 0.248. The lowest BCUT2D eigenvalue weighted by Gasteiger charge is -2.14. The van der Waals surface area contributed by atoms with Crippen LogP contribution in [0.4, 0.5) is 4.39 Å². The fraction of sp³-hybridized carbons (Fsp3) is 0.120. The van der Waals surface area contributed by atoms with E-state index in [4.69, 9.17) is 21.7 Å². The number of thioether (sulfide) groups is 1. The van der Waals surface area contributed by atoms with Crippen LogP contribution < -0.4 is 9.47 Å². The van der Waals surface area contributed by atoms with Gasteiger partial charge in [0.05, 0.1) is 23.0 Å². The summed E-state index contributed by atoms with van der Waals surface area (Å²) in [6.07, 6.45) is 1.79. The van der Waals surface area contributed by atoms with Crippen molar-refractivity contribution in [2.45, 2.75) is 13.2 Å². The number of hydrogen-bond acceptors (Lipinski definition) is 5. The average Bonchev–Trinajstić information content (AvgIpc) is 3.07. The molecule has 1 heterocycles. The molecule has 8 heteroatoms. The third kappa shape index (κ3) is 5.63. The Balaban J connectivity index is 1.53. The molecule has 1 aliphatic rings. The second-order valence-corrected chi connectivity index (χ2v) is 9.73. The van der Waals surface area contributed by atoms with Crippen molar-refractivity contribution in [1.82, 2.24) is 4.90 Å². The van der Waals surface area contributed by atoms with Crippen LogP contribution in [0, 0.1) is 5.82 Å². The summed E-state index contributed by atoms with van der Waals surface area (Å²) in [7, 11) is 1.55. The van der Waals surface area contributed by atoms with E-state index in [2.05, 4.69) is 15.9 Å².